The molecule has 5 nitrogen and oxygen atoms in total. The lowest BCUT2D eigenvalue weighted by molar-refractivity contribution is 0.0696. The van der Waals surface area contributed by atoms with Gasteiger partial charge >= 0.3 is 5.97 Å². The highest BCUT2D eigenvalue weighted by Gasteiger charge is 2.30. The average molecular weight is 310 g/mol. The van der Waals surface area contributed by atoms with Crippen molar-refractivity contribution < 1.29 is 14.7 Å². The summed E-state index contributed by atoms with van der Waals surface area (Å²) in [6.45, 7) is 0.598. The number of aromatic carboxylic acids is 1. The van der Waals surface area contributed by atoms with Crippen LogP contribution < -0.4 is 5.32 Å². The number of nitrogens with zero attached hydrogens (tertiary/aromatic N) is 1. The minimum atomic E-state index is -1.06. The van der Waals surface area contributed by atoms with E-state index < -0.39 is 5.97 Å². The third-order valence-corrected chi connectivity index (χ3v) is 4.30. The molecule has 2 aromatic rings. The Kier molecular flexibility index (Phi) is 4.37. The predicted octanol–water partition coefficient (Wildman–Crippen LogP) is 2.70. The van der Waals surface area contributed by atoms with Crippen molar-refractivity contribution in [2.75, 3.05) is 6.54 Å². The first-order valence-electron chi connectivity index (χ1n) is 7.66. The molecule has 3 rings (SSSR count). The first-order valence-corrected chi connectivity index (χ1v) is 7.66. The van der Waals surface area contributed by atoms with E-state index in [9.17, 15) is 9.59 Å². The number of hydrogen-bond acceptors (Lipinski definition) is 3. The van der Waals surface area contributed by atoms with Gasteiger partial charge in [0.2, 0.25) is 0 Å². The summed E-state index contributed by atoms with van der Waals surface area (Å²) >= 11 is 0. The van der Waals surface area contributed by atoms with Gasteiger partial charge in [0.05, 0.1) is 5.56 Å². The Labute approximate surface area is 134 Å². The normalized spacial score (nSPS) is 19.7. The van der Waals surface area contributed by atoms with Crippen LogP contribution in [0.2, 0.25) is 0 Å². The van der Waals surface area contributed by atoms with E-state index in [-0.39, 0.29) is 17.2 Å². The van der Waals surface area contributed by atoms with Crippen LogP contribution in [0.4, 0.5) is 0 Å². The number of benzene rings is 1. The summed E-state index contributed by atoms with van der Waals surface area (Å²) in [5, 5.41) is 11.8. The van der Waals surface area contributed by atoms with Crippen LogP contribution >= 0.6 is 0 Å². The van der Waals surface area contributed by atoms with E-state index in [2.05, 4.69) is 22.4 Å². The SMILES string of the molecule is O=C(O)c1ccnc(C(=O)NCC2CC(c3ccccc3)C2)c1. The van der Waals surface area contributed by atoms with Gasteiger partial charge in [-0.05, 0) is 42.4 Å². The molecule has 0 radical (unpaired) electrons. The molecule has 5 heteroatoms. The largest absolute Gasteiger partial charge is 0.478 e. The monoisotopic (exact) mass is 310 g/mol. The second kappa shape index (κ2) is 6.60. The van der Waals surface area contributed by atoms with Gasteiger partial charge in [0, 0.05) is 12.7 Å². The number of amides is 1. The van der Waals surface area contributed by atoms with Gasteiger partial charge in [-0.15, -0.1) is 0 Å². The number of carboxylic acid groups (broad SMARTS) is 1. The number of hydrogen-bond donors (Lipinski definition) is 2. The lowest BCUT2D eigenvalue weighted by Gasteiger charge is -2.35. The maximum absolute atomic E-state index is 12.0. The summed E-state index contributed by atoms with van der Waals surface area (Å²) in [5.41, 5.74) is 1.56. The number of carboxylic acids is 1. The van der Waals surface area contributed by atoms with E-state index in [1.165, 1.54) is 23.9 Å². The Hall–Kier alpha value is -2.69. The van der Waals surface area contributed by atoms with Gasteiger partial charge < -0.3 is 10.4 Å². The number of aromatic nitrogens is 1. The number of carbonyl (C=O) groups is 2. The molecule has 23 heavy (non-hydrogen) atoms. The van der Waals surface area contributed by atoms with Crippen molar-refractivity contribution in [1.82, 2.24) is 10.3 Å². The Balaban J connectivity index is 1.49. The van der Waals surface area contributed by atoms with Crippen LogP contribution in [0.1, 0.15) is 45.2 Å². The molecule has 0 unspecified atom stereocenters. The topological polar surface area (TPSA) is 79.3 Å². The van der Waals surface area contributed by atoms with Crippen LogP contribution in [0.15, 0.2) is 48.7 Å². The van der Waals surface area contributed by atoms with E-state index in [1.54, 1.807) is 0 Å². The fourth-order valence-electron chi connectivity index (χ4n) is 2.92. The summed E-state index contributed by atoms with van der Waals surface area (Å²) in [6, 6.07) is 13.1. The van der Waals surface area contributed by atoms with E-state index in [4.69, 9.17) is 5.11 Å². The van der Waals surface area contributed by atoms with E-state index in [0.717, 1.165) is 12.8 Å². The van der Waals surface area contributed by atoms with E-state index in [0.29, 0.717) is 18.4 Å². The van der Waals surface area contributed by atoms with Crippen LogP contribution in [0.3, 0.4) is 0 Å². The van der Waals surface area contributed by atoms with Crippen LogP contribution in [-0.4, -0.2) is 28.5 Å². The molecule has 1 aromatic heterocycles. The second-order valence-corrected chi connectivity index (χ2v) is 5.89. The van der Waals surface area contributed by atoms with Gasteiger partial charge in [-0.3, -0.25) is 9.78 Å². The molecule has 0 atom stereocenters. The summed E-state index contributed by atoms with van der Waals surface area (Å²) in [7, 11) is 0. The Morgan fingerprint density at radius 2 is 1.91 bits per heavy atom. The van der Waals surface area contributed by atoms with Crippen molar-refractivity contribution in [3.63, 3.8) is 0 Å². The maximum atomic E-state index is 12.0. The van der Waals surface area contributed by atoms with Gasteiger partial charge in [0.1, 0.15) is 5.69 Å². The zero-order chi connectivity index (χ0) is 16.2. The van der Waals surface area contributed by atoms with Crippen molar-refractivity contribution in [1.29, 1.82) is 0 Å². The lowest BCUT2D eigenvalue weighted by atomic mass is 9.71. The zero-order valence-electron chi connectivity index (χ0n) is 12.6. The number of carbonyl (C=O) groups excluding carboxylic acids is 1. The summed E-state index contributed by atoms with van der Waals surface area (Å²) in [4.78, 5) is 26.9. The molecule has 0 spiro atoms. The molecule has 1 amide bonds. The van der Waals surface area contributed by atoms with Crippen LogP contribution in [0, 0.1) is 5.92 Å². The van der Waals surface area contributed by atoms with Crippen molar-refractivity contribution >= 4 is 11.9 Å². The lowest BCUT2D eigenvalue weighted by Crippen LogP contribution is -2.35. The van der Waals surface area contributed by atoms with E-state index in [1.807, 2.05) is 18.2 Å². The Bertz CT molecular complexity index is 709. The summed E-state index contributed by atoms with van der Waals surface area (Å²) < 4.78 is 0. The fourth-order valence-corrected chi connectivity index (χ4v) is 2.92. The maximum Gasteiger partial charge on any atom is 0.335 e. The molecule has 1 aromatic carbocycles. The van der Waals surface area contributed by atoms with Crippen LogP contribution in [-0.2, 0) is 0 Å². The average Bonchev–Trinajstić information content (AvgIpc) is 2.54. The Morgan fingerprint density at radius 1 is 1.17 bits per heavy atom. The summed E-state index contributed by atoms with van der Waals surface area (Å²) in [5.74, 6) is -0.346. The van der Waals surface area contributed by atoms with Crippen molar-refractivity contribution in [2.45, 2.75) is 18.8 Å². The van der Waals surface area contributed by atoms with Crippen molar-refractivity contribution in [3.8, 4) is 0 Å². The summed E-state index contributed by atoms with van der Waals surface area (Å²) in [6.07, 6.45) is 3.47. The first-order chi connectivity index (χ1) is 11.1. The van der Waals surface area contributed by atoms with E-state index >= 15 is 0 Å². The standard InChI is InChI=1S/C18H18N2O3/c21-17(16-10-14(18(22)23)6-7-19-16)20-11-12-8-15(9-12)13-4-2-1-3-5-13/h1-7,10,12,15H,8-9,11H2,(H,20,21)(H,22,23). The molecule has 1 heterocycles. The predicted molar refractivity (Wildman–Crippen MR) is 85.4 cm³/mol. The molecule has 118 valence electrons. The highest BCUT2D eigenvalue weighted by Crippen LogP contribution is 2.40. The minimum Gasteiger partial charge on any atom is -0.478 e. The minimum absolute atomic E-state index is 0.0675. The van der Waals surface area contributed by atoms with Gasteiger partial charge in [0.25, 0.3) is 5.91 Å². The van der Waals surface area contributed by atoms with Crippen LogP contribution in [0.25, 0.3) is 0 Å². The molecular formula is C18H18N2O3. The molecule has 1 saturated carbocycles. The molecule has 1 aliphatic carbocycles. The van der Waals surface area contributed by atoms with Gasteiger partial charge in [0.15, 0.2) is 0 Å². The molecular weight excluding hydrogens is 292 g/mol. The molecule has 0 bridgehead atoms. The first kappa shape index (κ1) is 15.2. The Morgan fingerprint density at radius 3 is 2.61 bits per heavy atom. The third-order valence-electron chi connectivity index (χ3n) is 4.30. The van der Waals surface area contributed by atoms with Gasteiger partial charge in [-0.25, -0.2) is 4.79 Å². The third kappa shape index (κ3) is 3.56. The quantitative estimate of drug-likeness (QED) is 0.890. The molecule has 1 aliphatic rings. The molecule has 0 aliphatic heterocycles. The van der Waals surface area contributed by atoms with Crippen molar-refractivity contribution in [2.24, 2.45) is 5.92 Å². The zero-order valence-corrected chi connectivity index (χ0v) is 12.6. The van der Waals surface area contributed by atoms with Gasteiger partial charge in [-0.2, -0.15) is 0 Å². The molecule has 2 N–H and O–H groups in total. The van der Waals surface area contributed by atoms with Gasteiger partial charge in [-0.1, -0.05) is 30.3 Å². The number of rotatable bonds is 5. The van der Waals surface area contributed by atoms with Crippen molar-refractivity contribution in [3.05, 3.63) is 65.5 Å². The second-order valence-electron chi connectivity index (χ2n) is 5.89. The smallest absolute Gasteiger partial charge is 0.335 e. The van der Waals surface area contributed by atoms with Crippen LogP contribution in [0.5, 0.6) is 0 Å². The number of nitrogens with one attached hydrogen (secondary N) is 1. The fraction of sp³-hybridized carbons (Fsp3) is 0.278. The molecule has 0 saturated heterocycles. The molecule has 1 fully saturated rings. The highest BCUT2D eigenvalue weighted by atomic mass is 16.4. The highest BCUT2D eigenvalue weighted by molar-refractivity contribution is 5.95. The number of pyridine rings is 1.